The smallest absolute Gasteiger partial charge is 0.0130 e. The van der Waals surface area contributed by atoms with Crippen LogP contribution >= 0.6 is 22.6 Å². The number of hydrogen-bond donors (Lipinski definition) is 0. The summed E-state index contributed by atoms with van der Waals surface area (Å²) in [4.78, 5) is 0. The molecular weight excluding hydrogens is 319 g/mol. The molecule has 2 aromatic rings. The van der Waals surface area contributed by atoms with E-state index in [-0.39, 0.29) is 5.41 Å². The van der Waals surface area contributed by atoms with Crippen LogP contribution < -0.4 is 0 Å². The molecule has 0 nitrogen and oxygen atoms in total. The molecule has 0 fully saturated rings. The van der Waals surface area contributed by atoms with Crippen LogP contribution in [0.2, 0.25) is 0 Å². The Morgan fingerprint density at radius 3 is 1.53 bits per heavy atom. The maximum atomic E-state index is 2.33. The highest BCUT2D eigenvalue weighted by molar-refractivity contribution is 14.1. The van der Waals surface area contributed by atoms with Crippen molar-refractivity contribution in [1.29, 1.82) is 0 Å². The van der Waals surface area contributed by atoms with E-state index in [0.717, 1.165) is 0 Å². The Labute approximate surface area is 117 Å². The molecule has 0 radical (unpaired) electrons. The monoisotopic (exact) mass is 336 g/mol. The molecule has 0 saturated heterocycles. The molecule has 2 aromatic carbocycles. The van der Waals surface area contributed by atoms with E-state index in [9.17, 15) is 0 Å². The fraction of sp³-hybridized carbons (Fsp3) is 0.250. The first-order valence-corrected chi connectivity index (χ1v) is 6.91. The molecule has 0 bridgehead atoms. The van der Waals surface area contributed by atoms with Gasteiger partial charge in [-0.25, -0.2) is 0 Å². The summed E-state index contributed by atoms with van der Waals surface area (Å²) in [5.74, 6) is 0. The molecular formula is C16H17I. The molecule has 0 aliphatic heterocycles. The van der Waals surface area contributed by atoms with Crippen molar-refractivity contribution in [2.45, 2.75) is 26.2 Å². The first-order valence-electron chi connectivity index (χ1n) is 5.83. The molecule has 0 aromatic heterocycles. The van der Waals surface area contributed by atoms with Crippen molar-refractivity contribution < 1.29 is 0 Å². The third kappa shape index (κ3) is 3.09. The van der Waals surface area contributed by atoms with E-state index in [2.05, 4.69) is 91.9 Å². The number of hydrogen-bond acceptors (Lipinski definition) is 0. The van der Waals surface area contributed by atoms with Gasteiger partial charge in [-0.05, 0) is 56.8 Å². The largest absolute Gasteiger partial charge is 0.0579 e. The predicted octanol–water partition coefficient (Wildman–Crippen LogP) is 5.26. The number of rotatable bonds is 1. The van der Waals surface area contributed by atoms with Crippen molar-refractivity contribution in [2.24, 2.45) is 0 Å². The van der Waals surface area contributed by atoms with Gasteiger partial charge in [0.1, 0.15) is 0 Å². The highest BCUT2D eigenvalue weighted by atomic mass is 127. The summed E-state index contributed by atoms with van der Waals surface area (Å²) in [5, 5.41) is 0. The van der Waals surface area contributed by atoms with Gasteiger partial charge in [0.2, 0.25) is 0 Å². The van der Waals surface area contributed by atoms with Crippen LogP contribution in [0.5, 0.6) is 0 Å². The normalized spacial score (nSPS) is 11.5. The average molecular weight is 336 g/mol. The van der Waals surface area contributed by atoms with E-state index in [1.54, 1.807) is 0 Å². The second-order valence-corrected chi connectivity index (χ2v) is 6.58. The van der Waals surface area contributed by atoms with Crippen molar-refractivity contribution in [3.05, 3.63) is 57.7 Å². The second-order valence-electron chi connectivity index (χ2n) is 5.33. The van der Waals surface area contributed by atoms with E-state index in [0.29, 0.717) is 0 Å². The zero-order valence-corrected chi connectivity index (χ0v) is 12.7. The van der Waals surface area contributed by atoms with Gasteiger partial charge in [-0.1, -0.05) is 57.2 Å². The lowest BCUT2D eigenvalue weighted by molar-refractivity contribution is 0.590. The Kier molecular flexibility index (Phi) is 3.57. The third-order valence-electron chi connectivity index (χ3n) is 2.93. The highest BCUT2D eigenvalue weighted by Crippen LogP contribution is 2.26. The van der Waals surface area contributed by atoms with Crippen LogP contribution in [-0.4, -0.2) is 0 Å². The zero-order valence-electron chi connectivity index (χ0n) is 10.5. The first-order chi connectivity index (χ1) is 7.97. The van der Waals surface area contributed by atoms with E-state index < -0.39 is 0 Å². The Bertz CT molecular complexity index is 487. The Morgan fingerprint density at radius 2 is 1.12 bits per heavy atom. The Morgan fingerprint density at radius 1 is 0.706 bits per heavy atom. The van der Waals surface area contributed by atoms with Crippen LogP contribution in [0.1, 0.15) is 26.3 Å². The quantitative estimate of drug-likeness (QED) is 0.624. The molecule has 0 N–H and O–H groups in total. The van der Waals surface area contributed by atoms with Crippen LogP contribution in [-0.2, 0) is 5.41 Å². The molecule has 0 atom stereocenters. The molecule has 1 heteroatoms. The molecule has 17 heavy (non-hydrogen) atoms. The van der Waals surface area contributed by atoms with Crippen LogP contribution in [0, 0.1) is 3.57 Å². The first kappa shape index (κ1) is 12.6. The summed E-state index contributed by atoms with van der Waals surface area (Å²) in [5.41, 5.74) is 4.18. The van der Waals surface area contributed by atoms with Crippen LogP contribution in [0.25, 0.3) is 11.1 Å². The highest BCUT2D eigenvalue weighted by Gasteiger charge is 2.12. The van der Waals surface area contributed by atoms with Gasteiger partial charge in [0.05, 0.1) is 0 Å². The molecule has 0 saturated carbocycles. The van der Waals surface area contributed by atoms with Gasteiger partial charge in [0.25, 0.3) is 0 Å². The average Bonchev–Trinajstić information content (AvgIpc) is 2.29. The SMILES string of the molecule is CC(C)(C)c1ccc(-c2ccc(I)cc2)cc1. The number of benzene rings is 2. The minimum Gasteiger partial charge on any atom is -0.0579 e. The lowest BCUT2D eigenvalue weighted by atomic mass is 9.86. The molecule has 0 aliphatic rings. The summed E-state index contributed by atoms with van der Waals surface area (Å²) < 4.78 is 1.28. The maximum absolute atomic E-state index is 2.33. The molecule has 88 valence electrons. The Balaban J connectivity index is 2.33. The van der Waals surface area contributed by atoms with Crippen molar-refractivity contribution in [3.63, 3.8) is 0 Å². The minimum atomic E-state index is 0.227. The fourth-order valence-electron chi connectivity index (χ4n) is 1.81. The zero-order chi connectivity index (χ0) is 12.5. The molecule has 0 aliphatic carbocycles. The lowest BCUT2D eigenvalue weighted by Gasteiger charge is -2.19. The van der Waals surface area contributed by atoms with E-state index >= 15 is 0 Å². The van der Waals surface area contributed by atoms with Crippen LogP contribution in [0.15, 0.2) is 48.5 Å². The van der Waals surface area contributed by atoms with Gasteiger partial charge < -0.3 is 0 Å². The van der Waals surface area contributed by atoms with E-state index in [1.165, 1.54) is 20.3 Å². The second kappa shape index (κ2) is 4.81. The predicted molar refractivity (Wildman–Crippen MR) is 83.3 cm³/mol. The topological polar surface area (TPSA) is 0 Å². The van der Waals surface area contributed by atoms with E-state index in [4.69, 9.17) is 0 Å². The van der Waals surface area contributed by atoms with Crippen molar-refractivity contribution >= 4 is 22.6 Å². The summed E-state index contributed by atoms with van der Waals surface area (Å²) >= 11 is 2.33. The summed E-state index contributed by atoms with van der Waals surface area (Å²) in [6, 6.07) is 17.5. The maximum Gasteiger partial charge on any atom is 0.0130 e. The summed E-state index contributed by atoms with van der Waals surface area (Å²) in [6.07, 6.45) is 0. The van der Waals surface area contributed by atoms with Gasteiger partial charge in [-0.2, -0.15) is 0 Å². The van der Waals surface area contributed by atoms with Gasteiger partial charge in [0, 0.05) is 3.57 Å². The van der Waals surface area contributed by atoms with Crippen molar-refractivity contribution in [3.8, 4) is 11.1 Å². The van der Waals surface area contributed by atoms with E-state index in [1.807, 2.05) is 0 Å². The Hall–Kier alpha value is -0.830. The van der Waals surface area contributed by atoms with Crippen LogP contribution in [0.3, 0.4) is 0 Å². The third-order valence-corrected chi connectivity index (χ3v) is 3.65. The lowest BCUT2D eigenvalue weighted by Crippen LogP contribution is -2.10. The van der Waals surface area contributed by atoms with Gasteiger partial charge in [-0.15, -0.1) is 0 Å². The van der Waals surface area contributed by atoms with Gasteiger partial charge >= 0.3 is 0 Å². The standard InChI is InChI=1S/C16H17I/c1-16(2,3)14-8-4-12(5-9-14)13-6-10-15(17)11-7-13/h4-11H,1-3H3. The molecule has 0 amide bonds. The molecule has 0 heterocycles. The molecule has 0 unspecified atom stereocenters. The number of halogens is 1. The molecule has 0 spiro atoms. The fourth-order valence-corrected chi connectivity index (χ4v) is 2.16. The van der Waals surface area contributed by atoms with Gasteiger partial charge in [0.15, 0.2) is 0 Å². The van der Waals surface area contributed by atoms with Crippen molar-refractivity contribution in [1.82, 2.24) is 0 Å². The van der Waals surface area contributed by atoms with Crippen molar-refractivity contribution in [2.75, 3.05) is 0 Å². The molecule has 2 rings (SSSR count). The summed E-state index contributed by atoms with van der Waals surface area (Å²) in [6.45, 7) is 6.73. The van der Waals surface area contributed by atoms with Gasteiger partial charge in [-0.3, -0.25) is 0 Å². The summed E-state index contributed by atoms with van der Waals surface area (Å²) in [7, 11) is 0. The minimum absolute atomic E-state index is 0.227. The van der Waals surface area contributed by atoms with Crippen LogP contribution in [0.4, 0.5) is 0 Å².